The summed E-state index contributed by atoms with van der Waals surface area (Å²) in [5, 5.41) is 0.488. The molecule has 2 N–H and O–H groups in total. The molecule has 0 spiro atoms. The zero-order chi connectivity index (χ0) is 10.9. The highest BCUT2D eigenvalue weighted by Crippen LogP contribution is 2.36. The van der Waals surface area contributed by atoms with Crippen LogP contribution in [-0.2, 0) is 11.5 Å². The number of nitrogen functional groups attached to an aromatic ring is 1. The third-order valence-electron chi connectivity index (χ3n) is 1.67. The van der Waals surface area contributed by atoms with Crippen molar-refractivity contribution in [3.8, 4) is 0 Å². The van der Waals surface area contributed by atoms with Crippen LogP contribution in [0.5, 0.6) is 0 Å². The lowest BCUT2D eigenvalue weighted by Crippen LogP contribution is -2.09. The second-order valence-electron chi connectivity index (χ2n) is 2.66. The summed E-state index contributed by atoms with van der Waals surface area (Å²) in [5.74, 6) is 0. The summed E-state index contributed by atoms with van der Waals surface area (Å²) in [6.45, 7) is 0. The summed E-state index contributed by atoms with van der Waals surface area (Å²) < 4.78 is 37.1. The fraction of sp³-hybridized carbons (Fsp3) is 0.250. The molecule has 0 bridgehead atoms. The molecule has 0 radical (unpaired) electrons. The summed E-state index contributed by atoms with van der Waals surface area (Å²) in [6.07, 6.45) is -4.44. The monoisotopic (exact) mass is 287 g/mol. The maximum atomic E-state index is 12.4. The summed E-state index contributed by atoms with van der Waals surface area (Å²) in [5.41, 5.74) is 4.38. The molecule has 78 valence electrons. The van der Waals surface area contributed by atoms with E-state index in [1.807, 2.05) is 0 Å². The van der Waals surface area contributed by atoms with Crippen LogP contribution in [0.4, 0.5) is 18.9 Å². The van der Waals surface area contributed by atoms with Crippen molar-refractivity contribution >= 4 is 33.2 Å². The van der Waals surface area contributed by atoms with Crippen molar-refractivity contribution in [2.24, 2.45) is 0 Å². The van der Waals surface area contributed by atoms with E-state index in [1.54, 1.807) is 0 Å². The van der Waals surface area contributed by atoms with E-state index in [0.29, 0.717) is 5.56 Å². The SMILES string of the molecule is Nc1cc(Cl)c(CBr)cc1C(F)(F)F. The molecule has 0 saturated heterocycles. The first-order chi connectivity index (χ1) is 6.36. The summed E-state index contributed by atoms with van der Waals surface area (Å²) in [4.78, 5) is 0. The zero-order valence-electron chi connectivity index (χ0n) is 6.83. The Labute approximate surface area is 92.2 Å². The van der Waals surface area contributed by atoms with Gasteiger partial charge < -0.3 is 5.73 Å². The van der Waals surface area contributed by atoms with Gasteiger partial charge in [-0.2, -0.15) is 13.2 Å². The molecule has 6 heteroatoms. The lowest BCUT2D eigenvalue weighted by atomic mass is 10.1. The molecule has 0 aliphatic carbocycles. The van der Waals surface area contributed by atoms with Gasteiger partial charge in [0, 0.05) is 16.0 Å². The van der Waals surface area contributed by atoms with E-state index in [1.165, 1.54) is 0 Å². The van der Waals surface area contributed by atoms with Crippen molar-refractivity contribution in [1.29, 1.82) is 0 Å². The van der Waals surface area contributed by atoms with E-state index in [9.17, 15) is 13.2 Å². The first kappa shape index (κ1) is 11.7. The molecule has 0 aromatic heterocycles. The Morgan fingerprint density at radius 2 is 1.93 bits per heavy atom. The van der Waals surface area contributed by atoms with Gasteiger partial charge in [-0.1, -0.05) is 27.5 Å². The smallest absolute Gasteiger partial charge is 0.398 e. The van der Waals surface area contributed by atoms with Gasteiger partial charge in [-0.15, -0.1) is 0 Å². The topological polar surface area (TPSA) is 26.0 Å². The van der Waals surface area contributed by atoms with Crippen LogP contribution in [-0.4, -0.2) is 0 Å². The largest absolute Gasteiger partial charge is 0.418 e. The number of halogens is 5. The Balaban J connectivity index is 3.32. The Morgan fingerprint density at radius 3 is 2.36 bits per heavy atom. The molecular formula is C8H6BrClF3N. The van der Waals surface area contributed by atoms with Gasteiger partial charge in [-0.25, -0.2) is 0 Å². The van der Waals surface area contributed by atoms with Crippen LogP contribution in [0.25, 0.3) is 0 Å². The average molecular weight is 288 g/mol. The number of benzene rings is 1. The van der Waals surface area contributed by atoms with Gasteiger partial charge in [0.1, 0.15) is 0 Å². The van der Waals surface area contributed by atoms with Crippen LogP contribution in [0.3, 0.4) is 0 Å². The van der Waals surface area contributed by atoms with Crippen molar-refractivity contribution in [3.63, 3.8) is 0 Å². The molecule has 0 fully saturated rings. The van der Waals surface area contributed by atoms with Gasteiger partial charge in [-0.05, 0) is 17.7 Å². The summed E-state index contributed by atoms with van der Waals surface area (Å²) in [6, 6.07) is 2.06. The van der Waals surface area contributed by atoms with E-state index in [4.69, 9.17) is 17.3 Å². The maximum Gasteiger partial charge on any atom is 0.418 e. The highest BCUT2D eigenvalue weighted by atomic mass is 79.9. The quantitative estimate of drug-likeness (QED) is 0.617. The van der Waals surface area contributed by atoms with Crippen LogP contribution >= 0.6 is 27.5 Å². The minimum Gasteiger partial charge on any atom is -0.398 e. The highest BCUT2D eigenvalue weighted by Gasteiger charge is 2.33. The van der Waals surface area contributed by atoms with Gasteiger partial charge in [0.15, 0.2) is 0 Å². The van der Waals surface area contributed by atoms with Crippen LogP contribution in [0.1, 0.15) is 11.1 Å². The average Bonchev–Trinajstić information content (AvgIpc) is 2.02. The molecule has 1 aromatic carbocycles. The second kappa shape index (κ2) is 3.98. The molecule has 0 aliphatic rings. The zero-order valence-corrected chi connectivity index (χ0v) is 9.17. The molecule has 14 heavy (non-hydrogen) atoms. The molecule has 0 saturated carbocycles. The molecule has 1 rings (SSSR count). The Hall–Kier alpha value is -0.420. The van der Waals surface area contributed by atoms with Gasteiger partial charge in [0.2, 0.25) is 0 Å². The fourth-order valence-electron chi connectivity index (χ4n) is 0.981. The third kappa shape index (κ3) is 2.33. The predicted molar refractivity (Wildman–Crippen MR) is 53.5 cm³/mol. The Kier molecular flexibility index (Phi) is 3.32. The molecule has 0 unspecified atom stereocenters. The van der Waals surface area contributed by atoms with E-state index >= 15 is 0 Å². The third-order valence-corrected chi connectivity index (χ3v) is 2.62. The van der Waals surface area contributed by atoms with Crippen molar-refractivity contribution in [3.05, 3.63) is 28.3 Å². The molecule has 0 atom stereocenters. The number of anilines is 1. The second-order valence-corrected chi connectivity index (χ2v) is 3.63. The van der Waals surface area contributed by atoms with Crippen LogP contribution in [0.2, 0.25) is 5.02 Å². The maximum absolute atomic E-state index is 12.4. The molecule has 0 aliphatic heterocycles. The van der Waals surface area contributed by atoms with Crippen molar-refractivity contribution in [1.82, 2.24) is 0 Å². The van der Waals surface area contributed by atoms with Gasteiger partial charge in [0.05, 0.1) is 5.56 Å². The predicted octanol–water partition coefficient (Wildman–Crippen LogP) is 3.84. The first-order valence-electron chi connectivity index (χ1n) is 3.57. The fourth-order valence-corrected chi connectivity index (χ4v) is 1.85. The van der Waals surface area contributed by atoms with E-state index in [0.717, 1.165) is 12.1 Å². The van der Waals surface area contributed by atoms with Crippen molar-refractivity contribution in [2.75, 3.05) is 5.73 Å². The number of hydrogen-bond donors (Lipinski definition) is 1. The molecule has 0 heterocycles. The number of alkyl halides is 4. The normalized spacial score (nSPS) is 11.8. The lowest BCUT2D eigenvalue weighted by Gasteiger charge is -2.12. The lowest BCUT2D eigenvalue weighted by molar-refractivity contribution is -0.136. The Morgan fingerprint density at radius 1 is 1.36 bits per heavy atom. The van der Waals surface area contributed by atoms with Gasteiger partial charge in [-0.3, -0.25) is 0 Å². The molecular weight excluding hydrogens is 282 g/mol. The molecule has 0 amide bonds. The molecule has 1 aromatic rings. The standard InChI is InChI=1S/C8H6BrClF3N/c9-3-4-1-5(8(11,12)13)7(14)2-6(4)10/h1-2H,3,14H2. The summed E-state index contributed by atoms with van der Waals surface area (Å²) >= 11 is 8.72. The van der Waals surface area contributed by atoms with Crippen molar-refractivity contribution < 1.29 is 13.2 Å². The minimum atomic E-state index is -4.44. The minimum absolute atomic E-state index is 0.229. The molecule has 1 nitrogen and oxygen atoms in total. The Bertz CT molecular complexity index is 351. The van der Waals surface area contributed by atoms with Crippen LogP contribution in [0.15, 0.2) is 12.1 Å². The van der Waals surface area contributed by atoms with Gasteiger partial charge in [0.25, 0.3) is 0 Å². The van der Waals surface area contributed by atoms with Crippen LogP contribution < -0.4 is 5.73 Å². The van der Waals surface area contributed by atoms with E-state index in [-0.39, 0.29) is 16.0 Å². The number of rotatable bonds is 1. The van der Waals surface area contributed by atoms with E-state index in [2.05, 4.69) is 15.9 Å². The number of nitrogens with two attached hydrogens (primary N) is 1. The first-order valence-corrected chi connectivity index (χ1v) is 5.07. The highest BCUT2D eigenvalue weighted by molar-refractivity contribution is 9.08. The van der Waals surface area contributed by atoms with Gasteiger partial charge >= 0.3 is 6.18 Å². The van der Waals surface area contributed by atoms with Crippen molar-refractivity contribution in [2.45, 2.75) is 11.5 Å². The number of hydrogen-bond acceptors (Lipinski definition) is 1. The van der Waals surface area contributed by atoms with E-state index < -0.39 is 11.7 Å². The summed E-state index contributed by atoms with van der Waals surface area (Å²) in [7, 11) is 0. The van der Waals surface area contributed by atoms with Crippen LogP contribution in [0, 0.1) is 0 Å².